The Morgan fingerprint density at radius 1 is 1.13 bits per heavy atom. The van der Waals surface area contributed by atoms with Crippen LogP contribution in [0.2, 0.25) is 0 Å². The first-order valence-corrected chi connectivity index (χ1v) is 12.2. The van der Waals surface area contributed by atoms with Crippen LogP contribution in [0.4, 0.5) is 0 Å². The van der Waals surface area contributed by atoms with Crippen LogP contribution in [-0.2, 0) is 14.8 Å². The molecule has 2 atom stereocenters. The highest BCUT2D eigenvalue weighted by atomic mass is 32.2. The molecule has 0 bridgehead atoms. The molecule has 158 valence electrons. The Labute approximate surface area is 177 Å². The number of benzene rings is 2. The van der Waals surface area contributed by atoms with E-state index in [1.807, 2.05) is 42.6 Å². The van der Waals surface area contributed by atoms with Crippen molar-refractivity contribution in [2.75, 3.05) is 19.3 Å². The summed E-state index contributed by atoms with van der Waals surface area (Å²) in [5, 5.41) is 4.17. The topological polar surface area (TPSA) is 82.3 Å². The summed E-state index contributed by atoms with van der Waals surface area (Å²) < 4.78 is 25.6. The van der Waals surface area contributed by atoms with Crippen molar-refractivity contribution >= 4 is 26.8 Å². The van der Waals surface area contributed by atoms with Gasteiger partial charge in [0.05, 0.1) is 6.26 Å². The van der Waals surface area contributed by atoms with E-state index in [1.165, 1.54) is 10.6 Å². The summed E-state index contributed by atoms with van der Waals surface area (Å²) >= 11 is 0. The SMILES string of the molecule is CS(=O)(=O)N1CCCC[C@@H]1C(=O)NC[C@@H](c1ccccc1)c1c[nH]c2ccccc12. The second-order valence-electron chi connectivity index (χ2n) is 7.88. The van der Waals surface area contributed by atoms with Crippen LogP contribution in [0.25, 0.3) is 10.9 Å². The Balaban J connectivity index is 1.59. The Kier molecular flexibility index (Phi) is 5.92. The molecule has 2 heterocycles. The normalized spacial score (nSPS) is 18.9. The van der Waals surface area contributed by atoms with Crippen molar-refractivity contribution in [3.63, 3.8) is 0 Å². The first-order valence-electron chi connectivity index (χ1n) is 10.3. The maximum Gasteiger partial charge on any atom is 0.238 e. The van der Waals surface area contributed by atoms with Crippen LogP contribution in [0, 0.1) is 0 Å². The van der Waals surface area contributed by atoms with Gasteiger partial charge in [0.1, 0.15) is 6.04 Å². The molecule has 4 rings (SSSR count). The molecule has 1 fully saturated rings. The Morgan fingerprint density at radius 2 is 1.87 bits per heavy atom. The fourth-order valence-electron chi connectivity index (χ4n) is 4.36. The molecule has 3 aromatic rings. The average molecular weight is 426 g/mol. The van der Waals surface area contributed by atoms with Gasteiger partial charge >= 0.3 is 0 Å². The van der Waals surface area contributed by atoms with Crippen LogP contribution in [0.1, 0.15) is 36.3 Å². The van der Waals surface area contributed by atoms with Gasteiger partial charge in [0.2, 0.25) is 15.9 Å². The van der Waals surface area contributed by atoms with Gasteiger partial charge in [-0.25, -0.2) is 8.42 Å². The predicted molar refractivity (Wildman–Crippen MR) is 119 cm³/mol. The average Bonchev–Trinajstić information content (AvgIpc) is 3.18. The van der Waals surface area contributed by atoms with Crippen molar-refractivity contribution in [2.45, 2.75) is 31.2 Å². The van der Waals surface area contributed by atoms with Crippen LogP contribution >= 0.6 is 0 Å². The van der Waals surface area contributed by atoms with Crippen LogP contribution in [0.5, 0.6) is 0 Å². The zero-order valence-corrected chi connectivity index (χ0v) is 17.9. The number of aromatic nitrogens is 1. The number of hydrogen-bond acceptors (Lipinski definition) is 3. The number of carbonyl (C=O) groups excluding carboxylic acids is 1. The van der Waals surface area contributed by atoms with E-state index in [0.29, 0.717) is 19.5 Å². The maximum absolute atomic E-state index is 13.0. The summed E-state index contributed by atoms with van der Waals surface area (Å²) in [4.78, 5) is 16.3. The molecule has 1 aromatic heterocycles. The number of sulfonamides is 1. The van der Waals surface area contributed by atoms with Crippen LogP contribution in [0.3, 0.4) is 0 Å². The fraction of sp³-hybridized carbons (Fsp3) is 0.348. The van der Waals surface area contributed by atoms with Crippen molar-refractivity contribution < 1.29 is 13.2 Å². The zero-order valence-electron chi connectivity index (χ0n) is 17.0. The third kappa shape index (κ3) is 4.27. The number of carbonyl (C=O) groups is 1. The van der Waals surface area contributed by atoms with Crippen molar-refractivity contribution in [1.82, 2.24) is 14.6 Å². The minimum atomic E-state index is -3.42. The van der Waals surface area contributed by atoms with Gasteiger partial charge in [0.15, 0.2) is 0 Å². The van der Waals surface area contributed by atoms with Gasteiger partial charge in [-0.15, -0.1) is 0 Å². The summed E-state index contributed by atoms with van der Waals surface area (Å²) in [6.07, 6.45) is 5.38. The molecule has 0 radical (unpaired) electrons. The molecule has 30 heavy (non-hydrogen) atoms. The van der Waals surface area contributed by atoms with Gasteiger partial charge in [-0.3, -0.25) is 4.79 Å². The number of aromatic amines is 1. The number of amides is 1. The zero-order chi connectivity index (χ0) is 21.1. The molecule has 6 nitrogen and oxygen atoms in total. The number of H-pyrrole nitrogens is 1. The second kappa shape index (κ2) is 8.62. The summed E-state index contributed by atoms with van der Waals surface area (Å²) in [6.45, 7) is 0.806. The van der Waals surface area contributed by atoms with Crippen molar-refractivity contribution in [3.8, 4) is 0 Å². The first-order chi connectivity index (χ1) is 14.4. The first kappa shape index (κ1) is 20.6. The number of nitrogens with one attached hydrogen (secondary N) is 2. The van der Waals surface area contributed by atoms with Gasteiger partial charge in [-0.1, -0.05) is 55.0 Å². The Morgan fingerprint density at radius 3 is 2.63 bits per heavy atom. The standard InChI is InChI=1S/C23H27N3O3S/c1-30(28,29)26-14-8-7-13-22(26)23(27)25-15-19(17-9-3-2-4-10-17)20-16-24-21-12-6-5-11-18(20)21/h2-6,9-12,16,19,22,24H,7-8,13-15H2,1H3,(H,25,27)/t19-,22+/m0/s1. The number of para-hydroxylation sites is 1. The monoisotopic (exact) mass is 425 g/mol. The van der Waals surface area contributed by atoms with Gasteiger partial charge < -0.3 is 10.3 Å². The number of hydrogen-bond donors (Lipinski definition) is 2. The molecule has 0 saturated carbocycles. The number of piperidine rings is 1. The molecule has 7 heteroatoms. The van der Waals surface area contributed by atoms with E-state index in [4.69, 9.17) is 0 Å². The molecule has 0 unspecified atom stereocenters. The highest BCUT2D eigenvalue weighted by Gasteiger charge is 2.34. The van der Waals surface area contributed by atoms with Crippen molar-refractivity contribution in [3.05, 3.63) is 71.9 Å². The van der Waals surface area contributed by atoms with Gasteiger partial charge in [0.25, 0.3) is 0 Å². The third-order valence-electron chi connectivity index (χ3n) is 5.86. The second-order valence-corrected chi connectivity index (χ2v) is 9.82. The minimum Gasteiger partial charge on any atom is -0.361 e. The largest absolute Gasteiger partial charge is 0.361 e. The van der Waals surface area contributed by atoms with Crippen LogP contribution in [-0.4, -0.2) is 49.0 Å². The van der Waals surface area contributed by atoms with E-state index in [9.17, 15) is 13.2 Å². The smallest absolute Gasteiger partial charge is 0.238 e. The van der Waals surface area contributed by atoms with Crippen molar-refractivity contribution in [2.24, 2.45) is 0 Å². The maximum atomic E-state index is 13.0. The lowest BCUT2D eigenvalue weighted by molar-refractivity contribution is -0.125. The van der Waals surface area contributed by atoms with Gasteiger partial charge in [-0.05, 0) is 30.0 Å². The van der Waals surface area contributed by atoms with Crippen LogP contribution < -0.4 is 5.32 Å². The predicted octanol–water partition coefficient (Wildman–Crippen LogP) is 3.23. The summed E-state index contributed by atoms with van der Waals surface area (Å²) in [6, 6.07) is 17.5. The summed E-state index contributed by atoms with van der Waals surface area (Å²) in [7, 11) is -3.42. The number of rotatable bonds is 6. The quantitative estimate of drug-likeness (QED) is 0.636. The van der Waals surface area contributed by atoms with Crippen molar-refractivity contribution in [1.29, 1.82) is 0 Å². The highest BCUT2D eigenvalue weighted by molar-refractivity contribution is 7.88. The Hall–Kier alpha value is -2.64. The molecule has 1 amide bonds. The van der Waals surface area contributed by atoms with E-state index in [0.717, 1.165) is 34.9 Å². The molecule has 1 aliphatic rings. The molecular formula is C23H27N3O3S. The van der Waals surface area contributed by atoms with Gasteiger partial charge in [-0.2, -0.15) is 4.31 Å². The molecule has 0 spiro atoms. The van der Waals surface area contributed by atoms with Gasteiger partial charge in [0, 0.05) is 36.1 Å². The molecule has 1 saturated heterocycles. The lowest BCUT2D eigenvalue weighted by Gasteiger charge is -2.33. The van der Waals surface area contributed by atoms with E-state index >= 15 is 0 Å². The molecule has 2 N–H and O–H groups in total. The highest BCUT2D eigenvalue weighted by Crippen LogP contribution is 2.30. The lowest BCUT2D eigenvalue weighted by atomic mass is 9.90. The van der Waals surface area contributed by atoms with E-state index < -0.39 is 16.1 Å². The summed E-state index contributed by atoms with van der Waals surface area (Å²) in [5.74, 6) is -0.262. The van der Waals surface area contributed by atoms with E-state index in [2.05, 4.69) is 28.5 Å². The van der Waals surface area contributed by atoms with E-state index in [-0.39, 0.29) is 11.8 Å². The lowest BCUT2D eigenvalue weighted by Crippen LogP contribution is -2.52. The third-order valence-corrected chi connectivity index (χ3v) is 7.15. The van der Waals surface area contributed by atoms with Crippen LogP contribution in [0.15, 0.2) is 60.8 Å². The molecule has 0 aliphatic carbocycles. The number of nitrogens with zero attached hydrogens (tertiary/aromatic N) is 1. The number of fused-ring (bicyclic) bond motifs is 1. The summed E-state index contributed by atoms with van der Waals surface area (Å²) in [5.41, 5.74) is 3.27. The minimum absolute atomic E-state index is 0.0402. The molecule has 2 aromatic carbocycles. The molecular weight excluding hydrogens is 398 g/mol. The Bertz CT molecular complexity index is 1120. The van der Waals surface area contributed by atoms with E-state index in [1.54, 1.807) is 0 Å². The molecule has 1 aliphatic heterocycles. The fourth-order valence-corrected chi connectivity index (χ4v) is 5.48.